The molecule has 2 rings (SSSR count). The van der Waals surface area contributed by atoms with Gasteiger partial charge in [-0.15, -0.1) is 0 Å². The van der Waals surface area contributed by atoms with E-state index in [1.807, 2.05) is 0 Å². The van der Waals surface area contributed by atoms with Crippen molar-refractivity contribution >= 4 is 33.3 Å². The number of hydrogen-bond acceptors (Lipinski definition) is 3. The molecule has 66 valence electrons. The molecule has 0 aliphatic carbocycles. The topological polar surface area (TPSA) is 66.4 Å². The Kier molecular flexibility index (Phi) is 1.63. The second kappa shape index (κ2) is 2.56. The number of aromatic hydroxyl groups is 1. The molecule has 0 unspecified atom stereocenters. The largest absolute Gasteiger partial charge is 0.506 e. The van der Waals surface area contributed by atoms with E-state index in [0.717, 1.165) is 0 Å². The van der Waals surface area contributed by atoms with Gasteiger partial charge in [0.15, 0.2) is 0 Å². The number of nitrogens with one attached hydrogen (secondary N) is 1. The van der Waals surface area contributed by atoms with Crippen LogP contribution in [0.5, 0.6) is 5.75 Å². The fraction of sp³-hybridized carbons (Fsp3) is 0. The van der Waals surface area contributed by atoms with Gasteiger partial charge in [-0.05, 0) is 12.1 Å². The highest BCUT2D eigenvalue weighted by molar-refractivity contribution is 9.10. The standard InChI is InChI=1S/C8H4BrNO3/c9-3-1-4-6(5(11)2-3)10-8(13)7(4)12/h1-2,11H,(H,10,12,13). The minimum Gasteiger partial charge on any atom is -0.506 e. The molecule has 1 aromatic carbocycles. The van der Waals surface area contributed by atoms with Crippen LogP contribution in [0.25, 0.3) is 0 Å². The Morgan fingerprint density at radius 2 is 2.00 bits per heavy atom. The number of benzene rings is 1. The molecule has 0 spiro atoms. The van der Waals surface area contributed by atoms with Crippen molar-refractivity contribution in [1.29, 1.82) is 0 Å². The summed E-state index contributed by atoms with van der Waals surface area (Å²) in [6.45, 7) is 0. The lowest BCUT2D eigenvalue weighted by Crippen LogP contribution is -2.12. The van der Waals surface area contributed by atoms with Gasteiger partial charge in [-0.25, -0.2) is 0 Å². The van der Waals surface area contributed by atoms with Crippen molar-refractivity contribution in [2.75, 3.05) is 5.32 Å². The number of phenolic OH excluding ortho intramolecular Hbond substituents is 1. The zero-order chi connectivity index (χ0) is 9.59. The highest BCUT2D eigenvalue weighted by atomic mass is 79.9. The SMILES string of the molecule is O=C1Nc2c(O)cc(Br)cc2C1=O. The van der Waals surface area contributed by atoms with Crippen LogP contribution >= 0.6 is 15.9 Å². The van der Waals surface area contributed by atoms with Gasteiger partial charge in [0.05, 0.1) is 11.3 Å². The molecular formula is C8H4BrNO3. The molecule has 13 heavy (non-hydrogen) atoms. The monoisotopic (exact) mass is 241 g/mol. The Labute approximate surface area is 81.7 Å². The average molecular weight is 242 g/mol. The number of carbonyl (C=O) groups excluding carboxylic acids is 2. The first-order chi connectivity index (χ1) is 6.09. The molecule has 0 fully saturated rings. The smallest absolute Gasteiger partial charge is 0.296 e. The first-order valence-corrected chi connectivity index (χ1v) is 4.27. The second-order valence-electron chi connectivity index (χ2n) is 2.63. The van der Waals surface area contributed by atoms with Crippen molar-refractivity contribution in [1.82, 2.24) is 0 Å². The number of amides is 1. The van der Waals surface area contributed by atoms with Crippen molar-refractivity contribution in [3.63, 3.8) is 0 Å². The van der Waals surface area contributed by atoms with E-state index in [1.54, 1.807) is 0 Å². The normalized spacial score (nSPS) is 14.2. The van der Waals surface area contributed by atoms with Crippen LogP contribution in [0.2, 0.25) is 0 Å². The Morgan fingerprint density at radius 1 is 1.31 bits per heavy atom. The quantitative estimate of drug-likeness (QED) is 0.532. The molecule has 1 aromatic rings. The van der Waals surface area contributed by atoms with Crippen LogP contribution in [0.15, 0.2) is 16.6 Å². The average Bonchev–Trinajstić information content (AvgIpc) is 2.32. The van der Waals surface area contributed by atoms with Gasteiger partial charge in [0.25, 0.3) is 11.7 Å². The molecule has 1 amide bonds. The Bertz CT molecular complexity index is 428. The maximum atomic E-state index is 11.2. The Hall–Kier alpha value is -1.36. The summed E-state index contributed by atoms with van der Waals surface area (Å²) >= 11 is 3.11. The van der Waals surface area contributed by atoms with E-state index in [9.17, 15) is 14.7 Å². The predicted molar refractivity (Wildman–Crippen MR) is 48.8 cm³/mol. The third-order valence-electron chi connectivity index (χ3n) is 1.77. The minimum atomic E-state index is -0.705. The van der Waals surface area contributed by atoms with Crippen LogP contribution in [0.1, 0.15) is 10.4 Å². The number of anilines is 1. The molecule has 0 bridgehead atoms. The molecule has 1 aliphatic heterocycles. The van der Waals surface area contributed by atoms with E-state index in [2.05, 4.69) is 21.2 Å². The Balaban J connectivity index is 2.70. The molecule has 0 saturated heterocycles. The first kappa shape index (κ1) is 8.25. The van der Waals surface area contributed by atoms with Gasteiger partial charge in [0, 0.05) is 4.47 Å². The highest BCUT2D eigenvalue weighted by Crippen LogP contribution is 2.35. The maximum absolute atomic E-state index is 11.2. The third kappa shape index (κ3) is 1.12. The summed E-state index contributed by atoms with van der Waals surface area (Å²) in [5, 5.41) is 11.6. The molecule has 0 radical (unpaired) electrons. The van der Waals surface area contributed by atoms with Gasteiger partial charge < -0.3 is 10.4 Å². The van der Waals surface area contributed by atoms with Crippen molar-refractivity contribution < 1.29 is 14.7 Å². The van der Waals surface area contributed by atoms with E-state index in [1.165, 1.54) is 12.1 Å². The molecule has 5 heteroatoms. The summed E-state index contributed by atoms with van der Waals surface area (Å²) in [5.74, 6) is -1.43. The van der Waals surface area contributed by atoms with Crippen LogP contribution in [0.3, 0.4) is 0 Å². The zero-order valence-corrected chi connectivity index (χ0v) is 7.88. The van der Waals surface area contributed by atoms with E-state index in [4.69, 9.17) is 0 Å². The Morgan fingerprint density at radius 3 is 2.69 bits per heavy atom. The molecule has 0 saturated carbocycles. The van der Waals surface area contributed by atoms with E-state index >= 15 is 0 Å². The predicted octanol–water partition coefficient (Wildman–Crippen LogP) is 1.29. The number of phenols is 1. The number of ketones is 1. The van der Waals surface area contributed by atoms with Crippen molar-refractivity contribution in [3.8, 4) is 5.75 Å². The molecule has 0 aromatic heterocycles. The van der Waals surface area contributed by atoms with E-state index in [0.29, 0.717) is 4.47 Å². The lowest BCUT2D eigenvalue weighted by Gasteiger charge is -2.00. The molecule has 1 aliphatic rings. The van der Waals surface area contributed by atoms with Crippen molar-refractivity contribution in [3.05, 3.63) is 22.2 Å². The molecule has 2 N–H and O–H groups in total. The number of halogens is 1. The molecular weight excluding hydrogens is 238 g/mol. The summed E-state index contributed by atoms with van der Waals surface area (Å²) in [5.41, 5.74) is 0.398. The lowest BCUT2D eigenvalue weighted by atomic mass is 10.1. The van der Waals surface area contributed by atoms with Crippen molar-refractivity contribution in [2.45, 2.75) is 0 Å². The van der Waals surface area contributed by atoms with Crippen LogP contribution in [0.4, 0.5) is 5.69 Å². The number of hydrogen-bond donors (Lipinski definition) is 2. The van der Waals surface area contributed by atoms with Gasteiger partial charge in [0.1, 0.15) is 5.75 Å². The van der Waals surface area contributed by atoms with Crippen LogP contribution in [-0.2, 0) is 4.79 Å². The van der Waals surface area contributed by atoms with E-state index in [-0.39, 0.29) is 17.0 Å². The van der Waals surface area contributed by atoms with Gasteiger partial charge in [-0.1, -0.05) is 15.9 Å². The van der Waals surface area contributed by atoms with Gasteiger partial charge in [0.2, 0.25) is 0 Å². The summed E-state index contributed by atoms with van der Waals surface area (Å²) in [6, 6.07) is 2.91. The second-order valence-corrected chi connectivity index (χ2v) is 3.55. The summed E-state index contributed by atoms with van der Waals surface area (Å²) in [7, 11) is 0. The van der Waals surface area contributed by atoms with Crippen molar-refractivity contribution in [2.24, 2.45) is 0 Å². The van der Waals surface area contributed by atoms with Gasteiger partial charge >= 0.3 is 0 Å². The van der Waals surface area contributed by atoms with E-state index < -0.39 is 11.7 Å². The minimum absolute atomic E-state index is 0.108. The van der Waals surface area contributed by atoms with Crippen LogP contribution in [-0.4, -0.2) is 16.8 Å². The summed E-state index contributed by atoms with van der Waals surface area (Å²) in [4.78, 5) is 22.1. The number of carbonyl (C=O) groups is 2. The fourth-order valence-electron chi connectivity index (χ4n) is 1.20. The third-order valence-corrected chi connectivity index (χ3v) is 2.23. The number of fused-ring (bicyclic) bond motifs is 1. The summed E-state index contributed by atoms with van der Waals surface area (Å²) < 4.78 is 0.564. The zero-order valence-electron chi connectivity index (χ0n) is 6.30. The highest BCUT2D eigenvalue weighted by Gasteiger charge is 2.30. The number of Topliss-reactive ketones (excluding diaryl/α,β-unsaturated/α-hetero) is 1. The van der Waals surface area contributed by atoms with Crippen LogP contribution < -0.4 is 5.32 Å². The first-order valence-electron chi connectivity index (χ1n) is 3.48. The lowest BCUT2D eigenvalue weighted by molar-refractivity contribution is -0.112. The van der Waals surface area contributed by atoms with Gasteiger partial charge in [-0.2, -0.15) is 0 Å². The molecule has 0 atom stereocenters. The van der Waals surface area contributed by atoms with Crippen LogP contribution in [0, 0.1) is 0 Å². The molecule has 4 nitrogen and oxygen atoms in total. The summed E-state index contributed by atoms with van der Waals surface area (Å²) in [6.07, 6.45) is 0. The van der Waals surface area contributed by atoms with Gasteiger partial charge in [-0.3, -0.25) is 9.59 Å². The number of rotatable bonds is 0. The fourth-order valence-corrected chi connectivity index (χ4v) is 1.64. The maximum Gasteiger partial charge on any atom is 0.296 e. The molecule has 1 heterocycles.